The fourth-order valence-corrected chi connectivity index (χ4v) is 4.08. The first-order valence-electron chi connectivity index (χ1n) is 7.92. The van der Waals surface area contributed by atoms with Crippen molar-refractivity contribution in [2.45, 2.75) is 37.4 Å². The zero-order chi connectivity index (χ0) is 17.5. The van der Waals surface area contributed by atoms with Gasteiger partial charge in [-0.05, 0) is 0 Å². The van der Waals surface area contributed by atoms with Gasteiger partial charge < -0.3 is 28.8 Å². The van der Waals surface area contributed by atoms with Crippen LogP contribution in [0, 0.1) is 0 Å². The first-order chi connectivity index (χ1) is 12.0. The number of aliphatic hydroxyl groups is 2. The van der Waals surface area contributed by atoms with Gasteiger partial charge in [-0.2, -0.15) is 0 Å². The molecule has 1 aromatic carbocycles. The molecule has 0 spiro atoms. The first kappa shape index (κ1) is 14.9. The van der Waals surface area contributed by atoms with E-state index in [1.165, 1.54) is 7.11 Å². The lowest BCUT2D eigenvalue weighted by atomic mass is 9.93. The van der Waals surface area contributed by atoms with Crippen LogP contribution in [0.4, 0.5) is 0 Å². The summed E-state index contributed by atoms with van der Waals surface area (Å²) >= 11 is 0. The second-order valence-corrected chi connectivity index (χ2v) is 6.44. The first-order valence-corrected chi connectivity index (χ1v) is 7.92. The van der Waals surface area contributed by atoms with E-state index in [-0.39, 0.29) is 29.0 Å². The van der Waals surface area contributed by atoms with E-state index in [1.807, 2.05) is 0 Å². The minimum Gasteiger partial charge on any atom is -0.496 e. The number of hydrogen-bond donors (Lipinski definition) is 2. The Balaban J connectivity index is 1.90. The van der Waals surface area contributed by atoms with E-state index in [2.05, 4.69) is 0 Å². The monoisotopic (exact) mass is 346 g/mol. The van der Waals surface area contributed by atoms with E-state index in [9.17, 15) is 19.8 Å². The van der Waals surface area contributed by atoms with Crippen LogP contribution in [0.5, 0.6) is 11.5 Å². The number of fused-ring (bicyclic) bond motifs is 7. The van der Waals surface area contributed by atoms with E-state index in [4.69, 9.17) is 18.6 Å². The molecule has 0 saturated carbocycles. The molecule has 0 bridgehead atoms. The molecule has 2 aliphatic heterocycles. The van der Waals surface area contributed by atoms with Crippen molar-refractivity contribution in [2.24, 2.45) is 0 Å². The molecule has 4 atom stereocenters. The van der Waals surface area contributed by atoms with E-state index in [1.54, 1.807) is 6.07 Å². The molecular formula is C17H14O8. The van der Waals surface area contributed by atoms with Crippen LogP contribution in [0.15, 0.2) is 15.3 Å². The van der Waals surface area contributed by atoms with Crippen molar-refractivity contribution in [2.75, 3.05) is 7.11 Å². The van der Waals surface area contributed by atoms with Crippen molar-refractivity contribution in [3.8, 4) is 11.5 Å². The van der Waals surface area contributed by atoms with Gasteiger partial charge in [0.2, 0.25) is 6.29 Å². The Morgan fingerprint density at radius 1 is 1.24 bits per heavy atom. The van der Waals surface area contributed by atoms with Crippen molar-refractivity contribution in [3.05, 3.63) is 33.2 Å². The maximum atomic E-state index is 12.4. The zero-order valence-electron chi connectivity index (χ0n) is 13.1. The molecule has 5 rings (SSSR count). The zero-order valence-corrected chi connectivity index (χ0v) is 13.1. The van der Waals surface area contributed by atoms with Crippen LogP contribution in [-0.2, 0) is 4.74 Å². The molecule has 25 heavy (non-hydrogen) atoms. The number of Topliss-reactive ketones (excluding diaryl/α,β-unsaturated/α-hetero) is 1. The van der Waals surface area contributed by atoms with Crippen molar-refractivity contribution in [1.82, 2.24) is 0 Å². The standard InChI is InChI=1S/C17H14O8/c1-22-8-4-9-11(5-2-10(20)24-17(5)23-9)15-14(8)12-6(18)3-7(19)13(12)16(21)25-15/h4-6,10,17-18,20H,2-3H2,1H3. The molecular weight excluding hydrogens is 332 g/mol. The Morgan fingerprint density at radius 3 is 2.80 bits per heavy atom. The fourth-order valence-electron chi connectivity index (χ4n) is 4.08. The summed E-state index contributed by atoms with van der Waals surface area (Å²) < 4.78 is 21.9. The molecule has 0 amide bonds. The summed E-state index contributed by atoms with van der Waals surface area (Å²) in [6.07, 6.45) is -2.60. The Hall–Kier alpha value is -2.42. The van der Waals surface area contributed by atoms with Crippen molar-refractivity contribution in [1.29, 1.82) is 0 Å². The lowest BCUT2D eigenvalue weighted by Crippen LogP contribution is -2.16. The van der Waals surface area contributed by atoms with Gasteiger partial charge >= 0.3 is 5.63 Å². The highest BCUT2D eigenvalue weighted by Crippen LogP contribution is 2.52. The third-order valence-corrected chi connectivity index (χ3v) is 5.08. The summed E-state index contributed by atoms with van der Waals surface area (Å²) in [6.45, 7) is 0. The number of carbonyl (C=O) groups is 1. The Kier molecular flexibility index (Phi) is 2.87. The van der Waals surface area contributed by atoms with Gasteiger partial charge in [0, 0.05) is 30.0 Å². The number of benzene rings is 1. The summed E-state index contributed by atoms with van der Waals surface area (Å²) in [5.74, 6) is 0.0134. The molecule has 8 heteroatoms. The van der Waals surface area contributed by atoms with Gasteiger partial charge in [0.15, 0.2) is 12.1 Å². The lowest BCUT2D eigenvalue weighted by molar-refractivity contribution is -0.147. The maximum absolute atomic E-state index is 12.4. The molecule has 8 nitrogen and oxygen atoms in total. The van der Waals surface area contributed by atoms with Gasteiger partial charge in [0.1, 0.15) is 22.6 Å². The summed E-state index contributed by atoms with van der Waals surface area (Å²) in [4.78, 5) is 24.4. The second kappa shape index (κ2) is 4.81. The van der Waals surface area contributed by atoms with Crippen molar-refractivity contribution in [3.63, 3.8) is 0 Å². The van der Waals surface area contributed by atoms with Gasteiger partial charge in [0.25, 0.3) is 0 Å². The molecule has 2 N–H and O–H groups in total. The van der Waals surface area contributed by atoms with Gasteiger partial charge in [-0.25, -0.2) is 4.79 Å². The Morgan fingerprint density at radius 2 is 2.04 bits per heavy atom. The molecule has 1 aliphatic carbocycles. The second-order valence-electron chi connectivity index (χ2n) is 6.44. The Bertz CT molecular complexity index is 991. The van der Waals surface area contributed by atoms with Gasteiger partial charge in [0.05, 0.1) is 24.5 Å². The number of hydrogen-bond acceptors (Lipinski definition) is 8. The molecule has 0 radical (unpaired) electrons. The summed E-state index contributed by atoms with van der Waals surface area (Å²) in [7, 11) is 1.44. The Labute approximate surface area is 140 Å². The molecule has 1 aromatic heterocycles. The summed E-state index contributed by atoms with van der Waals surface area (Å²) in [5.41, 5.74) is 0.110. The van der Waals surface area contributed by atoms with E-state index in [0.29, 0.717) is 28.9 Å². The quantitative estimate of drug-likeness (QED) is 0.734. The molecule has 2 aromatic rings. The van der Waals surface area contributed by atoms with E-state index >= 15 is 0 Å². The van der Waals surface area contributed by atoms with Crippen LogP contribution in [0.3, 0.4) is 0 Å². The average molecular weight is 346 g/mol. The molecule has 4 unspecified atom stereocenters. The number of rotatable bonds is 1. The maximum Gasteiger partial charge on any atom is 0.347 e. The van der Waals surface area contributed by atoms with Crippen LogP contribution >= 0.6 is 0 Å². The van der Waals surface area contributed by atoms with E-state index in [0.717, 1.165) is 0 Å². The third-order valence-electron chi connectivity index (χ3n) is 5.08. The normalized spacial score (nSPS) is 29.5. The molecule has 3 aliphatic rings. The predicted molar refractivity (Wildman–Crippen MR) is 81.8 cm³/mol. The van der Waals surface area contributed by atoms with Crippen LogP contribution in [0.2, 0.25) is 0 Å². The van der Waals surface area contributed by atoms with Crippen LogP contribution in [-0.4, -0.2) is 35.7 Å². The summed E-state index contributed by atoms with van der Waals surface area (Å²) in [6, 6.07) is 1.63. The number of aliphatic hydroxyl groups excluding tert-OH is 2. The average Bonchev–Trinajstić information content (AvgIpc) is 3.16. The number of ketones is 1. The molecule has 1 fully saturated rings. The fraction of sp³-hybridized carbons (Fsp3) is 0.412. The highest BCUT2D eigenvalue weighted by Gasteiger charge is 2.47. The third kappa shape index (κ3) is 1.81. The van der Waals surface area contributed by atoms with Crippen LogP contribution in [0.1, 0.15) is 46.3 Å². The molecule has 130 valence electrons. The smallest absolute Gasteiger partial charge is 0.347 e. The SMILES string of the molecule is COc1cc2c(c3oc(=O)c4c(c13)C(O)CC4=O)C1CC(O)OC1O2. The van der Waals surface area contributed by atoms with Crippen LogP contribution in [0.25, 0.3) is 11.0 Å². The van der Waals surface area contributed by atoms with E-state index < -0.39 is 30.1 Å². The highest BCUT2D eigenvalue weighted by atomic mass is 16.7. The molecule has 3 heterocycles. The number of methoxy groups -OCH3 is 1. The number of carbonyl (C=O) groups excluding carboxylic acids is 1. The highest BCUT2D eigenvalue weighted by molar-refractivity contribution is 6.07. The molecule has 1 saturated heterocycles. The summed E-state index contributed by atoms with van der Waals surface area (Å²) in [5, 5.41) is 20.4. The van der Waals surface area contributed by atoms with Gasteiger partial charge in [-0.3, -0.25) is 4.79 Å². The van der Waals surface area contributed by atoms with Gasteiger partial charge in [-0.15, -0.1) is 0 Å². The van der Waals surface area contributed by atoms with Crippen LogP contribution < -0.4 is 15.1 Å². The minimum atomic E-state index is -1.09. The lowest BCUT2D eigenvalue weighted by Gasteiger charge is -2.14. The minimum absolute atomic E-state index is 0.128. The van der Waals surface area contributed by atoms with Crippen molar-refractivity contribution < 1.29 is 33.6 Å². The van der Waals surface area contributed by atoms with Crippen molar-refractivity contribution >= 4 is 16.8 Å². The van der Waals surface area contributed by atoms with Gasteiger partial charge in [-0.1, -0.05) is 0 Å². The topological polar surface area (TPSA) is 115 Å². The largest absolute Gasteiger partial charge is 0.496 e. The number of ether oxygens (including phenoxy) is 3. The predicted octanol–water partition coefficient (Wildman–Crippen LogP) is 0.962.